The Labute approximate surface area is 104 Å². The minimum atomic E-state index is 0.350. The van der Waals surface area contributed by atoms with Gasteiger partial charge in [-0.2, -0.15) is 0 Å². The number of rotatable bonds is 2. The highest BCUT2D eigenvalue weighted by atomic mass is 16.1. The summed E-state index contributed by atoms with van der Waals surface area (Å²) in [6, 6.07) is 6.15. The largest absolute Gasteiger partial charge is 0.370 e. The van der Waals surface area contributed by atoms with Gasteiger partial charge in [0.2, 0.25) is 0 Å². The van der Waals surface area contributed by atoms with Crippen molar-refractivity contribution in [3.8, 4) is 0 Å². The maximum Gasteiger partial charge on any atom is 0.152 e. The predicted octanol–water partition coefficient (Wildman–Crippen LogP) is 3.43. The maximum absolute atomic E-state index is 11.2. The Morgan fingerprint density at radius 2 is 2.12 bits per heavy atom. The molecule has 1 fully saturated rings. The zero-order chi connectivity index (χ0) is 12.5. The Kier molecular flexibility index (Phi) is 3.23. The molecule has 1 aliphatic rings. The van der Waals surface area contributed by atoms with E-state index in [0.29, 0.717) is 5.41 Å². The minimum absolute atomic E-state index is 0.350. The average molecular weight is 231 g/mol. The van der Waals surface area contributed by atoms with Crippen LogP contribution in [0.5, 0.6) is 0 Å². The van der Waals surface area contributed by atoms with Gasteiger partial charge in [-0.05, 0) is 37.3 Å². The third-order valence-electron chi connectivity index (χ3n) is 3.55. The fourth-order valence-electron chi connectivity index (χ4n) is 2.69. The van der Waals surface area contributed by atoms with Crippen LogP contribution in [-0.4, -0.2) is 19.4 Å². The second-order valence-electron chi connectivity index (χ2n) is 5.87. The third kappa shape index (κ3) is 2.68. The normalized spacial score (nSPS) is 19.1. The van der Waals surface area contributed by atoms with E-state index in [9.17, 15) is 4.79 Å². The molecule has 0 spiro atoms. The van der Waals surface area contributed by atoms with Gasteiger partial charge in [-0.15, -0.1) is 0 Å². The lowest BCUT2D eigenvalue weighted by atomic mass is 9.84. The molecule has 0 aromatic heterocycles. The van der Waals surface area contributed by atoms with Crippen molar-refractivity contribution in [1.82, 2.24) is 0 Å². The maximum atomic E-state index is 11.2. The number of nitrogens with zero attached hydrogens (tertiary/aromatic N) is 1. The lowest BCUT2D eigenvalue weighted by Gasteiger charge is -2.40. The van der Waals surface area contributed by atoms with Crippen molar-refractivity contribution < 1.29 is 4.79 Å². The van der Waals surface area contributed by atoms with Crippen LogP contribution in [0.1, 0.15) is 42.6 Å². The molecule has 0 atom stereocenters. The molecule has 1 heterocycles. The van der Waals surface area contributed by atoms with E-state index in [1.54, 1.807) is 0 Å². The first-order valence-electron chi connectivity index (χ1n) is 6.33. The van der Waals surface area contributed by atoms with Gasteiger partial charge in [-0.3, -0.25) is 4.79 Å². The highest BCUT2D eigenvalue weighted by molar-refractivity contribution is 5.85. The van der Waals surface area contributed by atoms with Gasteiger partial charge in [0.25, 0.3) is 0 Å². The summed E-state index contributed by atoms with van der Waals surface area (Å²) in [4.78, 5) is 13.5. The van der Waals surface area contributed by atoms with Crippen LogP contribution in [0.3, 0.4) is 0 Å². The summed E-state index contributed by atoms with van der Waals surface area (Å²) in [5.41, 5.74) is 3.41. The van der Waals surface area contributed by atoms with E-state index in [1.807, 2.05) is 13.0 Å². The van der Waals surface area contributed by atoms with Crippen LogP contribution in [0.2, 0.25) is 0 Å². The van der Waals surface area contributed by atoms with Crippen LogP contribution in [0, 0.1) is 12.3 Å². The average Bonchev–Trinajstić information content (AvgIpc) is 2.27. The molecule has 2 nitrogen and oxygen atoms in total. The van der Waals surface area contributed by atoms with E-state index in [-0.39, 0.29) is 0 Å². The first-order chi connectivity index (χ1) is 8.02. The summed E-state index contributed by atoms with van der Waals surface area (Å²) in [6.07, 6.45) is 3.45. The number of carbonyl (C=O) groups is 1. The fraction of sp³-hybridized carbons (Fsp3) is 0.533. The first kappa shape index (κ1) is 12.2. The molecule has 0 N–H and O–H groups in total. The van der Waals surface area contributed by atoms with Gasteiger partial charge >= 0.3 is 0 Å². The van der Waals surface area contributed by atoms with Gasteiger partial charge < -0.3 is 4.90 Å². The summed E-state index contributed by atoms with van der Waals surface area (Å²) in [5.74, 6) is 0. The van der Waals surface area contributed by atoms with Gasteiger partial charge in [0.15, 0.2) is 6.29 Å². The Morgan fingerprint density at radius 1 is 1.35 bits per heavy atom. The van der Waals surface area contributed by atoms with Crippen molar-refractivity contribution in [3.05, 3.63) is 29.3 Å². The van der Waals surface area contributed by atoms with E-state index in [2.05, 4.69) is 30.9 Å². The summed E-state index contributed by atoms with van der Waals surface area (Å²) in [7, 11) is 0. The van der Waals surface area contributed by atoms with Crippen molar-refractivity contribution in [2.24, 2.45) is 5.41 Å². The number of hydrogen-bond acceptors (Lipinski definition) is 2. The molecular formula is C15H21NO. The molecular weight excluding hydrogens is 210 g/mol. The van der Waals surface area contributed by atoms with Crippen molar-refractivity contribution in [2.45, 2.75) is 33.6 Å². The van der Waals surface area contributed by atoms with Crippen LogP contribution >= 0.6 is 0 Å². The molecule has 0 saturated carbocycles. The van der Waals surface area contributed by atoms with Gasteiger partial charge in [-0.1, -0.05) is 25.5 Å². The topological polar surface area (TPSA) is 20.3 Å². The Morgan fingerprint density at radius 3 is 2.76 bits per heavy atom. The van der Waals surface area contributed by atoms with Crippen molar-refractivity contribution in [1.29, 1.82) is 0 Å². The zero-order valence-corrected chi connectivity index (χ0v) is 11.0. The molecule has 0 radical (unpaired) electrons. The second kappa shape index (κ2) is 4.52. The summed E-state index contributed by atoms with van der Waals surface area (Å²) >= 11 is 0. The molecule has 0 unspecified atom stereocenters. The molecule has 1 saturated heterocycles. The summed E-state index contributed by atoms with van der Waals surface area (Å²) in [6.45, 7) is 8.73. The number of aldehydes is 1. The predicted molar refractivity (Wildman–Crippen MR) is 71.8 cm³/mol. The number of aryl methyl sites for hydroxylation is 1. The van der Waals surface area contributed by atoms with E-state index >= 15 is 0 Å². The van der Waals surface area contributed by atoms with Crippen LogP contribution in [0.15, 0.2) is 18.2 Å². The Balaban J connectivity index is 2.30. The van der Waals surface area contributed by atoms with Crippen molar-refractivity contribution >= 4 is 12.0 Å². The van der Waals surface area contributed by atoms with E-state index in [4.69, 9.17) is 0 Å². The summed E-state index contributed by atoms with van der Waals surface area (Å²) in [5, 5.41) is 0. The molecule has 1 aliphatic heterocycles. The fourth-order valence-corrected chi connectivity index (χ4v) is 2.69. The number of benzene rings is 1. The molecule has 2 heteroatoms. The molecule has 92 valence electrons. The molecule has 1 aromatic rings. The number of hydrogen-bond donors (Lipinski definition) is 0. The van der Waals surface area contributed by atoms with Crippen LogP contribution in [0.25, 0.3) is 0 Å². The molecule has 0 bridgehead atoms. The van der Waals surface area contributed by atoms with Crippen molar-refractivity contribution in [3.63, 3.8) is 0 Å². The zero-order valence-electron chi connectivity index (χ0n) is 11.0. The summed E-state index contributed by atoms with van der Waals surface area (Å²) < 4.78 is 0. The SMILES string of the molecule is Cc1ccc(N2CCCC(C)(C)C2)c(C=O)c1. The Hall–Kier alpha value is -1.31. The van der Waals surface area contributed by atoms with E-state index < -0.39 is 0 Å². The highest BCUT2D eigenvalue weighted by Gasteiger charge is 2.27. The molecule has 0 aliphatic carbocycles. The number of piperidine rings is 1. The Bertz CT molecular complexity index is 423. The number of carbonyl (C=O) groups excluding carboxylic acids is 1. The highest BCUT2D eigenvalue weighted by Crippen LogP contribution is 2.32. The first-order valence-corrected chi connectivity index (χ1v) is 6.33. The minimum Gasteiger partial charge on any atom is -0.370 e. The second-order valence-corrected chi connectivity index (χ2v) is 5.87. The third-order valence-corrected chi connectivity index (χ3v) is 3.55. The monoisotopic (exact) mass is 231 g/mol. The number of anilines is 1. The van der Waals surface area contributed by atoms with E-state index in [1.165, 1.54) is 12.8 Å². The van der Waals surface area contributed by atoms with Crippen LogP contribution in [-0.2, 0) is 0 Å². The standard InChI is InChI=1S/C15H21NO/c1-12-5-6-14(13(9-12)10-17)16-8-4-7-15(2,3)11-16/h5-6,9-10H,4,7-8,11H2,1-3H3. The van der Waals surface area contributed by atoms with Gasteiger partial charge in [-0.25, -0.2) is 0 Å². The van der Waals surface area contributed by atoms with Gasteiger partial charge in [0, 0.05) is 24.3 Å². The molecule has 0 amide bonds. The van der Waals surface area contributed by atoms with Gasteiger partial charge in [0.1, 0.15) is 0 Å². The van der Waals surface area contributed by atoms with Crippen LogP contribution in [0.4, 0.5) is 5.69 Å². The lowest BCUT2D eigenvalue weighted by molar-refractivity contribution is 0.112. The van der Waals surface area contributed by atoms with Crippen molar-refractivity contribution in [2.75, 3.05) is 18.0 Å². The quantitative estimate of drug-likeness (QED) is 0.727. The van der Waals surface area contributed by atoms with Gasteiger partial charge in [0.05, 0.1) is 0 Å². The molecule has 1 aromatic carbocycles. The van der Waals surface area contributed by atoms with Crippen LogP contribution < -0.4 is 4.90 Å². The molecule has 17 heavy (non-hydrogen) atoms. The lowest BCUT2D eigenvalue weighted by Crippen LogP contribution is -2.40. The van der Waals surface area contributed by atoms with E-state index in [0.717, 1.165) is 36.2 Å². The molecule has 2 rings (SSSR count). The smallest absolute Gasteiger partial charge is 0.152 e.